The van der Waals surface area contributed by atoms with Crippen molar-refractivity contribution in [2.24, 2.45) is 0 Å². The van der Waals surface area contributed by atoms with Gasteiger partial charge in [-0.1, -0.05) is 0 Å². The first-order valence-electron chi connectivity index (χ1n) is 5.60. The van der Waals surface area contributed by atoms with Gasteiger partial charge in [-0.25, -0.2) is 0 Å². The molecule has 3 rings (SSSR count). The number of nitro groups is 1. The highest BCUT2D eigenvalue weighted by atomic mass is 32.1. The first-order valence-corrected chi connectivity index (χ1v) is 6.01. The van der Waals surface area contributed by atoms with E-state index in [4.69, 9.17) is 12.2 Å². The summed E-state index contributed by atoms with van der Waals surface area (Å²) in [5.41, 5.74) is 2.33. The molecule has 1 aliphatic carbocycles. The van der Waals surface area contributed by atoms with Gasteiger partial charge in [0, 0.05) is 29.0 Å². The molecule has 0 saturated heterocycles. The Hall–Kier alpha value is -2.28. The van der Waals surface area contributed by atoms with Crippen LogP contribution in [0.5, 0.6) is 0 Å². The van der Waals surface area contributed by atoms with Crippen molar-refractivity contribution in [2.45, 2.75) is 13.0 Å². The number of rotatable bonds is 1. The molecule has 0 aromatic heterocycles. The minimum absolute atomic E-state index is 0.0308. The number of nitrogens with zero attached hydrogens (tertiary/aromatic N) is 1. The van der Waals surface area contributed by atoms with Crippen LogP contribution in [0.3, 0.4) is 0 Å². The molecule has 1 aromatic carbocycles. The third kappa shape index (κ3) is 1.62. The second-order valence-corrected chi connectivity index (χ2v) is 4.84. The molecule has 0 amide bonds. The number of hydrogen-bond donors (Lipinski definition) is 2. The number of carbonyl (C=O) groups excluding carboxylic acids is 1. The molecule has 0 saturated carbocycles. The molecule has 1 atom stereocenters. The smallest absolute Gasteiger partial charge is 0.269 e. The Morgan fingerprint density at radius 1 is 1.42 bits per heavy atom. The number of hydrogen-bond acceptors (Lipinski definition) is 4. The standard InChI is InChI=1S/C12H9N3O3S/c1-5-9-10(14-12(19)13-5)8-4-6(15(17)18)2-3-7(8)11(9)16/h2-4,10H,1H3,(H2,13,14,19). The number of thiocarbonyl (C=S) groups is 1. The molecule has 6 nitrogen and oxygen atoms in total. The molecule has 19 heavy (non-hydrogen) atoms. The second-order valence-electron chi connectivity index (χ2n) is 4.43. The number of benzene rings is 1. The van der Waals surface area contributed by atoms with Gasteiger partial charge in [0.25, 0.3) is 5.69 Å². The van der Waals surface area contributed by atoms with Crippen LogP contribution in [0.1, 0.15) is 28.9 Å². The maximum atomic E-state index is 12.3. The molecule has 1 unspecified atom stereocenters. The summed E-state index contributed by atoms with van der Waals surface area (Å²) in [5, 5.41) is 17.1. The maximum Gasteiger partial charge on any atom is 0.269 e. The Labute approximate surface area is 113 Å². The minimum Gasteiger partial charge on any atom is -0.351 e. The van der Waals surface area contributed by atoms with Crippen LogP contribution in [0.4, 0.5) is 5.69 Å². The van der Waals surface area contributed by atoms with Gasteiger partial charge in [0.2, 0.25) is 0 Å². The molecule has 7 heteroatoms. The van der Waals surface area contributed by atoms with Crippen LogP contribution in [0.2, 0.25) is 0 Å². The summed E-state index contributed by atoms with van der Waals surface area (Å²) in [5.74, 6) is -0.116. The Balaban J connectivity index is 2.21. The maximum absolute atomic E-state index is 12.3. The van der Waals surface area contributed by atoms with Crippen molar-refractivity contribution >= 4 is 28.8 Å². The molecule has 0 spiro atoms. The quantitative estimate of drug-likeness (QED) is 0.460. The first-order chi connectivity index (χ1) is 8.99. The largest absolute Gasteiger partial charge is 0.351 e. The topological polar surface area (TPSA) is 84.3 Å². The summed E-state index contributed by atoms with van der Waals surface area (Å²) in [6, 6.07) is 3.88. The lowest BCUT2D eigenvalue weighted by atomic mass is 10.0. The van der Waals surface area contributed by atoms with Crippen molar-refractivity contribution in [1.29, 1.82) is 0 Å². The fourth-order valence-corrected chi connectivity index (χ4v) is 2.75. The zero-order valence-corrected chi connectivity index (χ0v) is 10.7. The third-order valence-electron chi connectivity index (χ3n) is 3.32. The zero-order chi connectivity index (χ0) is 13.7. The average molecular weight is 275 g/mol. The van der Waals surface area contributed by atoms with Gasteiger partial charge in [-0.15, -0.1) is 0 Å². The van der Waals surface area contributed by atoms with Crippen LogP contribution < -0.4 is 10.6 Å². The summed E-state index contributed by atoms with van der Waals surface area (Å²) in [6.45, 7) is 1.77. The average Bonchev–Trinajstić information content (AvgIpc) is 2.62. The van der Waals surface area contributed by atoms with Crippen molar-refractivity contribution in [3.63, 3.8) is 0 Å². The molecular formula is C12H9N3O3S. The second kappa shape index (κ2) is 3.86. The number of nitrogens with one attached hydrogen (secondary N) is 2. The summed E-state index contributed by atoms with van der Waals surface area (Å²) in [7, 11) is 0. The summed E-state index contributed by atoms with van der Waals surface area (Å²) in [4.78, 5) is 22.6. The zero-order valence-electron chi connectivity index (χ0n) is 9.89. The monoisotopic (exact) mass is 275 g/mol. The Kier molecular flexibility index (Phi) is 2.39. The van der Waals surface area contributed by atoms with E-state index in [1.165, 1.54) is 18.2 Å². The van der Waals surface area contributed by atoms with E-state index >= 15 is 0 Å². The van der Waals surface area contributed by atoms with E-state index < -0.39 is 11.0 Å². The summed E-state index contributed by atoms with van der Waals surface area (Å²) < 4.78 is 0. The van der Waals surface area contributed by atoms with Crippen molar-refractivity contribution in [1.82, 2.24) is 10.6 Å². The van der Waals surface area contributed by atoms with Crippen LogP contribution in [-0.4, -0.2) is 15.8 Å². The van der Waals surface area contributed by atoms with Gasteiger partial charge in [-0.05, 0) is 30.8 Å². The Morgan fingerprint density at radius 3 is 2.84 bits per heavy atom. The van der Waals surface area contributed by atoms with Gasteiger partial charge >= 0.3 is 0 Å². The van der Waals surface area contributed by atoms with E-state index in [2.05, 4.69) is 10.6 Å². The van der Waals surface area contributed by atoms with Crippen molar-refractivity contribution in [2.75, 3.05) is 0 Å². The molecule has 2 N–H and O–H groups in total. The molecule has 0 bridgehead atoms. The lowest BCUT2D eigenvalue weighted by Crippen LogP contribution is -2.42. The Bertz CT molecular complexity index is 681. The molecule has 1 aliphatic heterocycles. The van der Waals surface area contributed by atoms with Gasteiger partial charge in [0.05, 0.1) is 11.0 Å². The van der Waals surface area contributed by atoms with Gasteiger partial charge in [-0.2, -0.15) is 0 Å². The van der Waals surface area contributed by atoms with E-state index in [1.54, 1.807) is 6.92 Å². The molecule has 0 radical (unpaired) electrons. The number of non-ortho nitro benzene ring substituents is 1. The molecule has 0 fully saturated rings. The van der Waals surface area contributed by atoms with Crippen LogP contribution >= 0.6 is 12.2 Å². The van der Waals surface area contributed by atoms with Crippen molar-refractivity contribution < 1.29 is 9.72 Å². The number of ketones is 1. The molecule has 1 aromatic rings. The van der Waals surface area contributed by atoms with E-state index in [9.17, 15) is 14.9 Å². The summed E-state index contributed by atoms with van der Waals surface area (Å²) >= 11 is 5.06. The van der Waals surface area contributed by atoms with E-state index in [0.717, 1.165) is 0 Å². The predicted octanol–water partition coefficient (Wildman–Crippen LogP) is 1.58. The minimum atomic E-state index is -0.473. The molecule has 1 heterocycles. The highest BCUT2D eigenvalue weighted by Crippen LogP contribution is 2.39. The molecule has 2 aliphatic rings. The van der Waals surface area contributed by atoms with Crippen LogP contribution in [-0.2, 0) is 0 Å². The van der Waals surface area contributed by atoms with Gasteiger partial charge in [-0.3, -0.25) is 14.9 Å². The SMILES string of the molecule is CC1=C2C(=O)c3ccc([N+](=O)[O-])cc3C2NC(=S)N1. The lowest BCUT2D eigenvalue weighted by Gasteiger charge is -2.25. The third-order valence-corrected chi connectivity index (χ3v) is 3.54. The van der Waals surface area contributed by atoms with Crippen LogP contribution in [0, 0.1) is 10.1 Å². The predicted molar refractivity (Wildman–Crippen MR) is 71.7 cm³/mol. The lowest BCUT2D eigenvalue weighted by molar-refractivity contribution is -0.384. The number of carbonyl (C=O) groups is 1. The highest BCUT2D eigenvalue weighted by Gasteiger charge is 2.39. The fourth-order valence-electron chi connectivity index (χ4n) is 2.48. The number of nitro benzene ring substituents is 1. The van der Waals surface area contributed by atoms with E-state index in [-0.39, 0.29) is 11.5 Å². The molecule has 96 valence electrons. The van der Waals surface area contributed by atoms with E-state index in [1.807, 2.05) is 0 Å². The highest BCUT2D eigenvalue weighted by molar-refractivity contribution is 7.80. The van der Waals surface area contributed by atoms with E-state index in [0.29, 0.717) is 27.5 Å². The van der Waals surface area contributed by atoms with Gasteiger partial charge < -0.3 is 10.6 Å². The van der Waals surface area contributed by atoms with Gasteiger partial charge in [0.15, 0.2) is 10.9 Å². The molecular weight excluding hydrogens is 266 g/mol. The first kappa shape index (κ1) is 11.8. The Morgan fingerprint density at radius 2 is 2.16 bits per heavy atom. The van der Waals surface area contributed by atoms with Gasteiger partial charge in [0.1, 0.15) is 0 Å². The van der Waals surface area contributed by atoms with Crippen LogP contribution in [0.15, 0.2) is 29.5 Å². The van der Waals surface area contributed by atoms with Crippen LogP contribution in [0.25, 0.3) is 0 Å². The summed E-state index contributed by atoms with van der Waals surface area (Å²) in [6.07, 6.45) is 0. The number of allylic oxidation sites excluding steroid dienone is 1. The number of Topliss-reactive ketones (excluding diaryl/α,β-unsaturated/α-hetero) is 1. The number of fused-ring (bicyclic) bond motifs is 3. The normalized spacial score (nSPS) is 20.6. The fraction of sp³-hybridized carbons (Fsp3) is 0.167. The van der Waals surface area contributed by atoms with Crippen molar-refractivity contribution in [3.8, 4) is 0 Å². The van der Waals surface area contributed by atoms with Crippen molar-refractivity contribution in [3.05, 3.63) is 50.7 Å².